The van der Waals surface area contributed by atoms with E-state index in [4.69, 9.17) is 11.6 Å². The van der Waals surface area contributed by atoms with Crippen LogP contribution in [0.3, 0.4) is 0 Å². The van der Waals surface area contributed by atoms with E-state index in [2.05, 4.69) is 20.5 Å². The SMILES string of the molecule is Cc1ccc(Cl)cc1NC(=O)Nc1cc(F)c2nc(N3CCCC3)ccc2c1. The minimum Gasteiger partial charge on any atom is -0.357 e. The number of aromatic nitrogens is 1. The highest BCUT2D eigenvalue weighted by Crippen LogP contribution is 2.26. The molecule has 0 unspecified atom stereocenters. The highest BCUT2D eigenvalue weighted by Gasteiger charge is 2.15. The van der Waals surface area contributed by atoms with Crippen molar-refractivity contribution in [1.82, 2.24) is 4.98 Å². The van der Waals surface area contributed by atoms with E-state index in [1.165, 1.54) is 6.07 Å². The number of nitrogens with one attached hydrogen (secondary N) is 2. The number of carbonyl (C=O) groups excluding carboxylic acids is 1. The number of rotatable bonds is 3. The third-order valence-electron chi connectivity index (χ3n) is 4.87. The van der Waals surface area contributed by atoms with E-state index in [1.54, 1.807) is 18.2 Å². The molecule has 1 aliphatic heterocycles. The van der Waals surface area contributed by atoms with E-state index in [0.717, 1.165) is 37.3 Å². The fraction of sp³-hybridized carbons (Fsp3) is 0.238. The van der Waals surface area contributed by atoms with E-state index in [-0.39, 0.29) is 0 Å². The van der Waals surface area contributed by atoms with Gasteiger partial charge in [-0.05, 0) is 61.7 Å². The Balaban J connectivity index is 1.54. The zero-order valence-corrected chi connectivity index (χ0v) is 16.2. The van der Waals surface area contributed by atoms with Crippen LogP contribution >= 0.6 is 11.6 Å². The van der Waals surface area contributed by atoms with E-state index < -0.39 is 11.8 Å². The van der Waals surface area contributed by atoms with Gasteiger partial charge in [0, 0.05) is 34.9 Å². The molecule has 0 atom stereocenters. The Morgan fingerprint density at radius 2 is 1.89 bits per heavy atom. The lowest BCUT2D eigenvalue weighted by atomic mass is 10.2. The Kier molecular flexibility index (Phi) is 5.05. The predicted molar refractivity (Wildman–Crippen MR) is 112 cm³/mol. The number of halogens is 2. The van der Waals surface area contributed by atoms with E-state index in [0.29, 0.717) is 27.3 Å². The minimum absolute atomic E-state index is 0.307. The van der Waals surface area contributed by atoms with Crippen molar-refractivity contribution in [3.8, 4) is 0 Å². The summed E-state index contributed by atoms with van der Waals surface area (Å²) in [5.74, 6) is 0.326. The number of carbonyl (C=O) groups is 1. The van der Waals surface area contributed by atoms with Crippen LogP contribution in [-0.2, 0) is 0 Å². The van der Waals surface area contributed by atoms with Gasteiger partial charge in [0.2, 0.25) is 0 Å². The zero-order valence-electron chi connectivity index (χ0n) is 15.4. The molecular weight excluding hydrogens is 379 g/mol. The summed E-state index contributed by atoms with van der Waals surface area (Å²) in [6.07, 6.45) is 2.26. The van der Waals surface area contributed by atoms with Gasteiger partial charge in [-0.15, -0.1) is 0 Å². The van der Waals surface area contributed by atoms with Crippen LogP contribution in [0.5, 0.6) is 0 Å². The van der Waals surface area contributed by atoms with E-state index in [9.17, 15) is 9.18 Å². The lowest BCUT2D eigenvalue weighted by molar-refractivity contribution is 0.262. The van der Waals surface area contributed by atoms with Gasteiger partial charge in [-0.2, -0.15) is 0 Å². The molecular formula is C21H20ClFN4O. The molecule has 4 rings (SSSR count). The number of pyridine rings is 1. The number of amides is 2. The van der Waals surface area contributed by atoms with Crippen molar-refractivity contribution in [3.05, 3.63) is 58.9 Å². The van der Waals surface area contributed by atoms with Crippen LogP contribution in [0.1, 0.15) is 18.4 Å². The van der Waals surface area contributed by atoms with E-state index in [1.807, 2.05) is 25.1 Å². The van der Waals surface area contributed by atoms with Gasteiger partial charge in [0.05, 0.1) is 0 Å². The van der Waals surface area contributed by atoms with Crippen LogP contribution in [0.25, 0.3) is 10.9 Å². The van der Waals surface area contributed by atoms with Crippen LogP contribution < -0.4 is 15.5 Å². The Labute approximate surface area is 167 Å². The summed E-state index contributed by atoms with van der Waals surface area (Å²) in [4.78, 5) is 18.9. The molecule has 1 saturated heterocycles. The second kappa shape index (κ2) is 7.64. The number of hydrogen-bond acceptors (Lipinski definition) is 3. The maximum Gasteiger partial charge on any atom is 0.323 e. The normalized spacial score (nSPS) is 13.8. The molecule has 2 N–H and O–H groups in total. The molecule has 2 aromatic carbocycles. The number of hydrogen-bond donors (Lipinski definition) is 2. The first-order valence-corrected chi connectivity index (χ1v) is 9.57. The van der Waals surface area contributed by atoms with Crippen molar-refractivity contribution < 1.29 is 9.18 Å². The largest absolute Gasteiger partial charge is 0.357 e. The Morgan fingerprint density at radius 1 is 1.11 bits per heavy atom. The highest BCUT2D eigenvalue weighted by atomic mass is 35.5. The number of nitrogens with zero attached hydrogens (tertiary/aromatic N) is 2. The quantitative estimate of drug-likeness (QED) is 0.605. The van der Waals surface area contributed by atoms with Crippen molar-refractivity contribution in [2.75, 3.05) is 28.6 Å². The lowest BCUT2D eigenvalue weighted by Gasteiger charge is -2.17. The third kappa shape index (κ3) is 3.87. The Morgan fingerprint density at radius 3 is 2.68 bits per heavy atom. The molecule has 5 nitrogen and oxygen atoms in total. The van der Waals surface area contributed by atoms with Crippen LogP contribution in [0, 0.1) is 12.7 Å². The first-order chi connectivity index (χ1) is 13.5. The second-order valence-electron chi connectivity index (χ2n) is 6.93. The summed E-state index contributed by atoms with van der Waals surface area (Å²) >= 11 is 5.97. The first kappa shape index (κ1) is 18.5. The fourth-order valence-corrected chi connectivity index (χ4v) is 3.56. The molecule has 1 aliphatic rings. The monoisotopic (exact) mass is 398 g/mol. The zero-order chi connectivity index (χ0) is 19.7. The molecule has 0 aliphatic carbocycles. The van der Waals surface area contributed by atoms with Crippen LogP contribution in [0.4, 0.5) is 26.4 Å². The molecule has 0 saturated carbocycles. The number of benzene rings is 2. The van der Waals surface area contributed by atoms with Crippen LogP contribution in [0.15, 0.2) is 42.5 Å². The molecule has 0 bridgehead atoms. The number of anilines is 3. The first-order valence-electron chi connectivity index (χ1n) is 9.19. The van der Waals surface area contributed by atoms with Gasteiger partial charge in [-0.3, -0.25) is 0 Å². The Hall–Kier alpha value is -2.86. The van der Waals surface area contributed by atoms with Crippen LogP contribution in [-0.4, -0.2) is 24.1 Å². The summed E-state index contributed by atoms with van der Waals surface area (Å²) in [6, 6.07) is 11.5. The summed E-state index contributed by atoms with van der Waals surface area (Å²) < 4.78 is 14.6. The molecule has 2 heterocycles. The number of fused-ring (bicyclic) bond motifs is 1. The maximum absolute atomic E-state index is 14.6. The van der Waals surface area contributed by atoms with Gasteiger partial charge in [-0.25, -0.2) is 14.2 Å². The van der Waals surface area contributed by atoms with Crippen molar-refractivity contribution in [2.45, 2.75) is 19.8 Å². The summed E-state index contributed by atoms with van der Waals surface area (Å²) in [5.41, 5.74) is 2.14. The molecule has 0 spiro atoms. The predicted octanol–water partition coefficient (Wildman–Crippen LogP) is 5.58. The van der Waals surface area contributed by atoms with E-state index >= 15 is 0 Å². The minimum atomic E-state index is -0.467. The van der Waals surface area contributed by atoms with Crippen molar-refractivity contribution in [2.24, 2.45) is 0 Å². The number of urea groups is 1. The molecule has 1 aromatic heterocycles. The molecule has 2 amide bonds. The van der Waals surface area contributed by atoms with Gasteiger partial charge < -0.3 is 15.5 Å². The van der Waals surface area contributed by atoms with Crippen LogP contribution in [0.2, 0.25) is 5.02 Å². The molecule has 1 fully saturated rings. The fourth-order valence-electron chi connectivity index (χ4n) is 3.39. The third-order valence-corrected chi connectivity index (χ3v) is 5.10. The average molecular weight is 399 g/mol. The Bertz CT molecular complexity index is 1050. The summed E-state index contributed by atoms with van der Waals surface area (Å²) in [5, 5.41) is 6.56. The van der Waals surface area contributed by atoms with Crippen molar-refractivity contribution >= 4 is 45.7 Å². The molecule has 144 valence electrons. The van der Waals surface area contributed by atoms with Gasteiger partial charge >= 0.3 is 6.03 Å². The molecule has 7 heteroatoms. The standard InChI is InChI=1S/C21H20ClFN4O/c1-13-4-6-15(22)11-18(13)25-21(28)24-16-10-14-5-7-19(27-8-2-3-9-27)26-20(14)17(23)12-16/h4-7,10-12H,2-3,8-9H2,1H3,(H2,24,25,28). The second-order valence-corrected chi connectivity index (χ2v) is 7.37. The van der Waals surface area contributed by atoms with Crippen molar-refractivity contribution in [1.29, 1.82) is 0 Å². The summed E-state index contributed by atoms with van der Waals surface area (Å²) in [6.45, 7) is 3.76. The van der Waals surface area contributed by atoms with Gasteiger partial charge in [-0.1, -0.05) is 17.7 Å². The van der Waals surface area contributed by atoms with Gasteiger partial charge in [0.1, 0.15) is 11.3 Å². The summed E-state index contributed by atoms with van der Waals surface area (Å²) in [7, 11) is 0. The van der Waals surface area contributed by atoms with Crippen molar-refractivity contribution in [3.63, 3.8) is 0 Å². The average Bonchev–Trinajstić information content (AvgIpc) is 3.19. The topological polar surface area (TPSA) is 57.3 Å². The van der Waals surface area contributed by atoms with Gasteiger partial charge in [0.15, 0.2) is 5.82 Å². The smallest absolute Gasteiger partial charge is 0.323 e. The highest BCUT2D eigenvalue weighted by molar-refractivity contribution is 6.31. The maximum atomic E-state index is 14.6. The molecule has 3 aromatic rings. The number of aryl methyl sites for hydroxylation is 1. The lowest BCUT2D eigenvalue weighted by Crippen LogP contribution is -2.20. The molecule has 0 radical (unpaired) electrons. The van der Waals surface area contributed by atoms with Gasteiger partial charge in [0.25, 0.3) is 0 Å². The molecule has 28 heavy (non-hydrogen) atoms.